The number of hydrogen-bond acceptors (Lipinski definition) is 0. The van der Waals surface area contributed by atoms with E-state index in [1.165, 1.54) is 23.9 Å². The van der Waals surface area contributed by atoms with Crippen molar-refractivity contribution in [2.24, 2.45) is 0 Å². The smallest absolute Gasteiger partial charge is 0.230 e. The molecule has 10 heavy (non-hydrogen) atoms. The predicted molar refractivity (Wildman–Crippen MR) is 41.5 cm³/mol. The van der Waals surface area contributed by atoms with Crippen LogP contribution in [0, 0.1) is 0 Å². The molecule has 1 rings (SSSR count). The van der Waals surface area contributed by atoms with Crippen LogP contribution in [0.3, 0.4) is 0 Å². The van der Waals surface area contributed by atoms with Crippen LogP contribution >= 0.6 is 0 Å². The summed E-state index contributed by atoms with van der Waals surface area (Å²) in [6.45, 7) is 2.41. The molecule has 1 saturated heterocycles. The van der Waals surface area contributed by atoms with Gasteiger partial charge in [0.25, 0.3) is 0 Å². The molecule has 1 N–H and O–H groups in total. The lowest BCUT2D eigenvalue weighted by Gasteiger charge is -2.04. The molecule has 0 amide bonds. The predicted octanol–water partition coefficient (Wildman–Crippen LogP) is -1.93. The summed E-state index contributed by atoms with van der Waals surface area (Å²) in [6.07, 6.45) is 0. The highest BCUT2D eigenvalue weighted by molar-refractivity contribution is 5.66. The maximum atomic E-state index is 2.30. The van der Waals surface area contributed by atoms with E-state index in [9.17, 15) is 0 Å². The average molecular weight is 143 g/mol. The third-order valence-corrected chi connectivity index (χ3v) is 1.99. The van der Waals surface area contributed by atoms with E-state index in [1.54, 1.807) is 0 Å². The molecule has 1 aliphatic rings. The molecule has 0 aliphatic carbocycles. The summed E-state index contributed by atoms with van der Waals surface area (Å²) in [6, 6.07) is 0. The zero-order chi connectivity index (χ0) is 7.72. The van der Waals surface area contributed by atoms with Gasteiger partial charge in [0.2, 0.25) is 0 Å². The van der Waals surface area contributed by atoms with Gasteiger partial charge in [0.15, 0.2) is 0 Å². The maximum absolute atomic E-state index is 2.30. The van der Waals surface area contributed by atoms with E-state index in [2.05, 4.69) is 37.7 Å². The molecule has 3 nitrogen and oxygen atoms in total. The summed E-state index contributed by atoms with van der Waals surface area (Å²) < 4.78 is 2.18. The zero-order valence-electron chi connectivity index (χ0n) is 7.31. The summed E-state index contributed by atoms with van der Waals surface area (Å²) in [4.78, 5) is 3.81. The lowest BCUT2D eigenvalue weighted by atomic mass is 10.6. The Morgan fingerprint density at radius 2 is 2.10 bits per heavy atom. The normalized spacial score (nSPS) is 25.8. The number of rotatable bonds is 0. The molecule has 1 atom stereocenters. The average Bonchev–Trinajstić information content (AvgIpc) is 2.11. The van der Waals surface area contributed by atoms with Gasteiger partial charge < -0.3 is 0 Å². The van der Waals surface area contributed by atoms with Gasteiger partial charge in [-0.15, -0.1) is 0 Å². The fourth-order valence-electron chi connectivity index (χ4n) is 1.60. The van der Waals surface area contributed by atoms with Crippen molar-refractivity contribution in [3.8, 4) is 0 Å². The lowest BCUT2D eigenvalue weighted by molar-refractivity contribution is -0.802. The van der Waals surface area contributed by atoms with Crippen LogP contribution in [-0.2, 0) is 0 Å². The van der Waals surface area contributed by atoms with Crippen molar-refractivity contribution < 1.29 is 9.48 Å². The maximum Gasteiger partial charge on any atom is 0.443 e. The second kappa shape index (κ2) is 2.58. The number of nitrogens with one attached hydrogen (secondary N) is 1. The Balaban J connectivity index is 2.82. The molecule has 1 aliphatic heterocycles. The molecule has 0 aromatic carbocycles. The lowest BCUT2D eigenvalue weighted by Crippen LogP contribution is -3.11. The van der Waals surface area contributed by atoms with Crippen molar-refractivity contribution in [3.63, 3.8) is 0 Å². The molecule has 1 heterocycles. The van der Waals surface area contributed by atoms with E-state index in [-0.39, 0.29) is 0 Å². The monoisotopic (exact) mass is 143 g/mol. The van der Waals surface area contributed by atoms with Crippen LogP contribution in [0.4, 0.5) is 0 Å². The molecule has 0 aromatic heterocycles. The first-order chi connectivity index (χ1) is 4.63. The van der Waals surface area contributed by atoms with Crippen LogP contribution in [-0.4, -0.2) is 56.7 Å². The van der Waals surface area contributed by atoms with Crippen LogP contribution in [0.5, 0.6) is 0 Å². The highest BCUT2D eigenvalue weighted by Crippen LogP contribution is 1.83. The number of guanidine groups is 1. The Labute approximate surface area is 62.5 Å². The third-order valence-electron chi connectivity index (χ3n) is 1.99. The van der Waals surface area contributed by atoms with Crippen molar-refractivity contribution in [2.75, 3.05) is 41.3 Å². The summed E-state index contributed by atoms with van der Waals surface area (Å²) in [5.74, 6) is 1.39. The Kier molecular flexibility index (Phi) is 1.94. The standard InChI is InChI=1S/C7H16N3/c1-8(2)7-9(3)5-6-10(7)4/h5-6H2,1-4H3/q+1/p+1. The van der Waals surface area contributed by atoms with E-state index in [4.69, 9.17) is 0 Å². The van der Waals surface area contributed by atoms with Crippen molar-refractivity contribution >= 4 is 5.96 Å². The van der Waals surface area contributed by atoms with Gasteiger partial charge in [-0.25, -0.2) is 14.4 Å². The fourth-order valence-corrected chi connectivity index (χ4v) is 1.60. The quantitative estimate of drug-likeness (QED) is 0.389. The number of quaternary nitrogens is 1. The van der Waals surface area contributed by atoms with Gasteiger partial charge in [0.05, 0.1) is 28.2 Å². The number of nitrogens with zero attached hydrogens (tertiary/aromatic N) is 2. The van der Waals surface area contributed by atoms with Gasteiger partial charge in [0, 0.05) is 0 Å². The van der Waals surface area contributed by atoms with Crippen LogP contribution in [0.2, 0.25) is 0 Å². The van der Waals surface area contributed by atoms with Gasteiger partial charge in [-0.1, -0.05) is 0 Å². The highest BCUT2D eigenvalue weighted by Gasteiger charge is 2.33. The SMILES string of the molecule is CN1CC[NH+](C)C1=[N+](C)C. The summed E-state index contributed by atoms with van der Waals surface area (Å²) in [5, 5.41) is 0. The van der Waals surface area contributed by atoms with Gasteiger partial charge >= 0.3 is 5.96 Å². The van der Waals surface area contributed by atoms with E-state index in [0.717, 1.165) is 0 Å². The molecule has 1 unspecified atom stereocenters. The minimum atomic E-state index is 1.18. The fraction of sp³-hybridized carbons (Fsp3) is 0.857. The molecule has 0 aromatic rings. The van der Waals surface area contributed by atoms with E-state index < -0.39 is 0 Å². The first-order valence-electron chi connectivity index (χ1n) is 3.71. The summed E-state index contributed by atoms with van der Waals surface area (Å²) >= 11 is 0. The molecule has 0 bridgehead atoms. The van der Waals surface area contributed by atoms with Gasteiger partial charge in [0.1, 0.15) is 13.1 Å². The first-order valence-corrected chi connectivity index (χ1v) is 3.71. The first kappa shape index (κ1) is 7.54. The van der Waals surface area contributed by atoms with Crippen molar-refractivity contribution in [3.05, 3.63) is 0 Å². The van der Waals surface area contributed by atoms with Crippen molar-refractivity contribution in [2.45, 2.75) is 0 Å². The molecule has 3 heteroatoms. The number of likely N-dealkylation sites (N-methyl/N-ethyl adjacent to an activating group) is 2. The second-order valence-electron chi connectivity index (χ2n) is 3.17. The molecular weight excluding hydrogens is 126 g/mol. The Hall–Kier alpha value is -0.570. The minimum Gasteiger partial charge on any atom is -0.230 e. The van der Waals surface area contributed by atoms with E-state index >= 15 is 0 Å². The molecule has 0 saturated carbocycles. The molecule has 0 spiro atoms. The highest BCUT2D eigenvalue weighted by atomic mass is 15.4. The Bertz CT molecular complexity index is 146. The topological polar surface area (TPSA) is 10.7 Å². The van der Waals surface area contributed by atoms with E-state index in [0.29, 0.717) is 0 Å². The van der Waals surface area contributed by atoms with Gasteiger partial charge in [-0.3, -0.25) is 0 Å². The molecule has 0 radical (unpaired) electrons. The van der Waals surface area contributed by atoms with Crippen LogP contribution in [0.15, 0.2) is 0 Å². The Morgan fingerprint density at radius 1 is 1.50 bits per heavy atom. The zero-order valence-corrected chi connectivity index (χ0v) is 7.31. The Morgan fingerprint density at radius 3 is 2.30 bits per heavy atom. The van der Waals surface area contributed by atoms with Crippen LogP contribution in [0.1, 0.15) is 0 Å². The second-order valence-corrected chi connectivity index (χ2v) is 3.17. The van der Waals surface area contributed by atoms with Crippen LogP contribution < -0.4 is 4.90 Å². The summed E-state index contributed by atoms with van der Waals surface area (Å²) in [7, 11) is 8.55. The van der Waals surface area contributed by atoms with E-state index in [1.807, 2.05) is 0 Å². The minimum absolute atomic E-state index is 1.18. The number of hydrogen-bond donors (Lipinski definition) is 1. The largest absolute Gasteiger partial charge is 0.443 e. The molecule has 58 valence electrons. The third kappa shape index (κ3) is 1.14. The molecule has 1 fully saturated rings. The van der Waals surface area contributed by atoms with Gasteiger partial charge in [-0.2, -0.15) is 0 Å². The van der Waals surface area contributed by atoms with Crippen molar-refractivity contribution in [1.29, 1.82) is 0 Å². The van der Waals surface area contributed by atoms with Crippen molar-refractivity contribution in [1.82, 2.24) is 4.90 Å². The molecular formula is C7H17N3+2. The van der Waals surface area contributed by atoms with Gasteiger partial charge in [-0.05, 0) is 0 Å². The summed E-state index contributed by atoms with van der Waals surface area (Å²) in [5.41, 5.74) is 0. The van der Waals surface area contributed by atoms with Crippen LogP contribution in [0.25, 0.3) is 0 Å².